The van der Waals surface area contributed by atoms with E-state index in [4.69, 9.17) is 0 Å². The van der Waals surface area contributed by atoms with E-state index in [1.54, 1.807) is 6.33 Å². The molecule has 3 aromatic rings. The second-order valence-electron chi connectivity index (χ2n) is 4.18. The fourth-order valence-electron chi connectivity index (χ4n) is 1.83. The zero-order chi connectivity index (χ0) is 13.8. The van der Waals surface area contributed by atoms with Gasteiger partial charge < -0.3 is 9.88 Å². The van der Waals surface area contributed by atoms with Crippen molar-refractivity contribution in [3.63, 3.8) is 0 Å². The van der Waals surface area contributed by atoms with Crippen LogP contribution in [0.1, 0.15) is 12.7 Å². The first kappa shape index (κ1) is 12.7. The van der Waals surface area contributed by atoms with Gasteiger partial charge in [-0.25, -0.2) is 0 Å². The normalized spacial score (nSPS) is 10.7. The van der Waals surface area contributed by atoms with Gasteiger partial charge in [-0.3, -0.25) is 0 Å². The highest BCUT2D eigenvalue weighted by Gasteiger charge is 2.07. The van der Waals surface area contributed by atoms with Crippen molar-refractivity contribution in [2.75, 3.05) is 5.32 Å². The Morgan fingerprint density at radius 2 is 2.10 bits per heavy atom. The highest BCUT2D eigenvalue weighted by Crippen LogP contribution is 2.20. The van der Waals surface area contributed by atoms with Crippen LogP contribution in [0.15, 0.2) is 36.7 Å². The fourth-order valence-corrected chi connectivity index (χ4v) is 2.42. The second-order valence-corrected chi connectivity index (χ2v) is 4.93. The summed E-state index contributed by atoms with van der Waals surface area (Å²) in [5, 5.41) is 12.0. The third kappa shape index (κ3) is 2.67. The Morgan fingerprint density at radius 3 is 2.90 bits per heavy atom. The van der Waals surface area contributed by atoms with Crippen LogP contribution < -0.4 is 5.32 Å². The number of hydrogen-bond donors (Lipinski definition) is 1. The van der Waals surface area contributed by atoms with E-state index in [0.29, 0.717) is 6.54 Å². The molecule has 0 unspecified atom stereocenters. The quantitative estimate of drug-likeness (QED) is 0.780. The molecule has 3 rings (SSSR count). The molecule has 0 saturated heterocycles. The molecule has 1 aromatic carbocycles. The van der Waals surface area contributed by atoms with Crippen LogP contribution in [-0.4, -0.2) is 24.1 Å². The van der Waals surface area contributed by atoms with E-state index in [9.17, 15) is 0 Å². The molecule has 1 N–H and O–H groups in total. The first-order valence-corrected chi connectivity index (χ1v) is 7.14. The first-order valence-electron chi connectivity index (χ1n) is 6.36. The minimum atomic E-state index is 0.595. The van der Waals surface area contributed by atoms with Crippen molar-refractivity contribution >= 4 is 16.7 Å². The van der Waals surface area contributed by atoms with Gasteiger partial charge >= 0.3 is 0 Å². The highest BCUT2D eigenvalue weighted by molar-refractivity contribution is 7.09. The van der Waals surface area contributed by atoms with Crippen LogP contribution in [0.4, 0.5) is 5.13 Å². The number of anilines is 1. The monoisotopic (exact) mass is 286 g/mol. The summed E-state index contributed by atoms with van der Waals surface area (Å²) in [5.74, 6) is 1.64. The third-order valence-corrected chi connectivity index (χ3v) is 3.56. The van der Waals surface area contributed by atoms with Crippen LogP contribution in [0.2, 0.25) is 0 Å². The molecule has 0 amide bonds. The number of hydrogen-bond acceptors (Lipinski definition) is 6. The summed E-state index contributed by atoms with van der Waals surface area (Å²) in [6.45, 7) is 3.51. The highest BCUT2D eigenvalue weighted by atomic mass is 32.1. The Balaban J connectivity index is 1.69. The van der Waals surface area contributed by atoms with Gasteiger partial charge in [0.05, 0.1) is 6.54 Å². The maximum Gasteiger partial charge on any atom is 0.203 e. The van der Waals surface area contributed by atoms with Gasteiger partial charge in [-0.2, -0.15) is 9.36 Å². The van der Waals surface area contributed by atoms with Gasteiger partial charge in [-0.1, -0.05) is 30.3 Å². The summed E-state index contributed by atoms with van der Waals surface area (Å²) < 4.78 is 6.35. The number of aromatic nitrogens is 5. The lowest BCUT2D eigenvalue weighted by molar-refractivity contribution is 0.708. The molecule has 0 aliphatic heterocycles. The maximum atomic E-state index is 4.47. The minimum absolute atomic E-state index is 0.595. The van der Waals surface area contributed by atoms with Gasteiger partial charge in [0.15, 0.2) is 11.6 Å². The predicted molar refractivity (Wildman–Crippen MR) is 78.4 cm³/mol. The molecule has 0 radical (unpaired) electrons. The minimum Gasteiger partial charge on any atom is -0.353 e. The lowest BCUT2D eigenvalue weighted by atomic mass is 10.2. The standard InChI is InChI=1S/C13H14N6S/c1-2-19-9-15-17-11(19)8-14-13-16-12(18-20-13)10-6-4-3-5-7-10/h3-7,9H,2,8H2,1H3,(H,14,16,18). The number of nitrogens with zero attached hydrogens (tertiary/aromatic N) is 5. The van der Waals surface area contributed by atoms with E-state index < -0.39 is 0 Å². The van der Waals surface area contributed by atoms with Crippen molar-refractivity contribution in [2.45, 2.75) is 20.0 Å². The Bertz CT molecular complexity index is 675. The smallest absolute Gasteiger partial charge is 0.203 e. The molecule has 0 atom stereocenters. The molecular formula is C13H14N6S. The van der Waals surface area contributed by atoms with E-state index in [1.165, 1.54) is 11.5 Å². The number of benzene rings is 1. The van der Waals surface area contributed by atoms with E-state index in [0.717, 1.165) is 28.9 Å². The largest absolute Gasteiger partial charge is 0.353 e. The molecule has 0 saturated carbocycles. The molecule has 0 spiro atoms. The Labute approximate surface area is 120 Å². The Morgan fingerprint density at radius 1 is 1.25 bits per heavy atom. The molecule has 6 nitrogen and oxygen atoms in total. The van der Waals surface area contributed by atoms with Crippen LogP contribution in [0.25, 0.3) is 11.4 Å². The van der Waals surface area contributed by atoms with Crippen molar-refractivity contribution < 1.29 is 0 Å². The van der Waals surface area contributed by atoms with E-state index >= 15 is 0 Å². The summed E-state index contributed by atoms with van der Waals surface area (Å²) in [5.41, 5.74) is 1.02. The van der Waals surface area contributed by atoms with Crippen LogP contribution in [-0.2, 0) is 13.1 Å². The van der Waals surface area contributed by atoms with Crippen LogP contribution in [0.5, 0.6) is 0 Å². The molecule has 7 heteroatoms. The average Bonchev–Trinajstić information content (AvgIpc) is 3.15. The molecule has 102 valence electrons. The molecule has 20 heavy (non-hydrogen) atoms. The fraction of sp³-hybridized carbons (Fsp3) is 0.231. The summed E-state index contributed by atoms with van der Waals surface area (Å²) >= 11 is 1.35. The summed E-state index contributed by atoms with van der Waals surface area (Å²) in [7, 11) is 0. The molecule has 0 bridgehead atoms. The lowest BCUT2D eigenvalue weighted by Crippen LogP contribution is -2.07. The van der Waals surface area contributed by atoms with Gasteiger partial charge in [-0.05, 0) is 6.92 Å². The number of nitrogens with one attached hydrogen (secondary N) is 1. The Kier molecular flexibility index (Phi) is 3.69. The molecular weight excluding hydrogens is 272 g/mol. The topological polar surface area (TPSA) is 68.5 Å². The van der Waals surface area contributed by atoms with E-state index in [1.807, 2.05) is 34.9 Å². The van der Waals surface area contributed by atoms with Crippen molar-refractivity contribution in [2.24, 2.45) is 0 Å². The second kappa shape index (κ2) is 5.79. The lowest BCUT2D eigenvalue weighted by Gasteiger charge is -2.03. The molecule has 0 aliphatic rings. The van der Waals surface area contributed by atoms with E-state index in [2.05, 4.69) is 31.8 Å². The van der Waals surface area contributed by atoms with Gasteiger partial charge in [0.2, 0.25) is 5.13 Å². The summed E-state index contributed by atoms with van der Waals surface area (Å²) in [4.78, 5) is 4.47. The van der Waals surface area contributed by atoms with Gasteiger partial charge in [0.1, 0.15) is 6.33 Å². The zero-order valence-electron chi connectivity index (χ0n) is 11.0. The van der Waals surface area contributed by atoms with Crippen LogP contribution in [0, 0.1) is 0 Å². The predicted octanol–water partition coefficient (Wildman–Crippen LogP) is 2.43. The first-order chi connectivity index (χ1) is 9.86. The zero-order valence-corrected chi connectivity index (χ0v) is 11.8. The van der Waals surface area contributed by atoms with Gasteiger partial charge in [-0.15, -0.1) is 10.2 Å². The molecule has 2 aromatic heterocycles. The van der Waals surface area contributed by atoms with Gasteiger partial charge in [0.25, 0.3) is 0 Å². The molecule has 0 fully saturated rings. The molecule has 0 aliphatic carbocycles. The van der Waals surface area contributed by atoms with Crippen molar-refractivity contribution in [1.29, 1.82) is 0 Å². The third-order valence-electron chi connectivity index (χ3n) is 2.89. The van der Waals surface area contributed by atoms with Crippen molar-refractivity contribution in [3.8, 4) is 11.4 Å². The summed E-state index contributed by atoms with van der Waals surface area (Å²) in [6.07, 6.45) is 1.73. The molecule has 2 heterocycles. The Hall–Kier alpha value is -2.28. The maximum absolute atomic E-state index is 4.47. The van der Waals surface area contributed by atoms with Crippen LogP contribution in [0.3, 0.4) is 0 Å². The number of rotatable bonds is 5. The SMILES string of the molecule is CCn1cnnc1CNc1nc(-c2ccccc2)ns1. The van der Waals surface area contributed by atoms with Gasteiger partial charge in [0, 0.05) is 23.6 Å². The van der Waals surface area contributed by atoms with Crippen molar-refractivity contribution in [1.82, 2.24) is 24.1 Å². The van der Waals surface area contributed by atoms with Crippen molar-refractivity contribution in [3.05, 3.63) is 42.5 Å². The number of aryl methyl sites for hydroxylation is 1. The van der Waals surface area contributed by atoms with E-state index in [-0.39, 0.29) is 0 Å². The average molecular weight is 286 g/mol. The summed E-state index contributed by atoms with van der Waals surface area (Å²) in [6, 6.07) is 9.94. The van der Waals surface area contributed by atoms with Crippen LogP contribution >= 0.6 is 11.5 Å².